The molecule has 6 nitrogen and oxygen atoms in total. The van der Waals surface area contributed by atoms with Crippen LogP contribution in [0.25, 0.3) is 0 Å². The Bertz CT molecular complexity index is 434. The van der Waals surface area contributed by atoms with E-state index in [9.17, 15) is 4.79 Å². The topological polar surface area (TPSA) is 70.2 Å². The van der Waals surface area contributed by atoms with Crippen LogP contribution in [0.2, 0.25) is 0 Å². The Morgan fingerprint density at radius 1 is 1.44 bits per heavy atom. The van der Waals surface area contributed by atoms with E-state index in [2.05, 4.69) is 27.5 Å². The van der Waals surface area contributed by atoms with E-state index in [4.69, 9.17) is 0 Å². The quantitative estimate of drug-likeness (QED) is 0.808. The second-order valence-corrected chi connectivity index (χ2v) is 4.18. The fraction of sp³-hybridized carbons (Fsp3) is 0.583. The summed E-state index contributed by atoms with van der Waals surface area (Å²) < 4.78 is 0. The number of hydrogen-bond donors (Lipinski definition) is 2. The number of carbonyl (C=O) groups is 1. The SMILES string of the molecule is CCNc1ncnc(N2CCNC(=O)C2)c1CC. The van der Waals surface area contributed by atoms with Crippen LogP contribution in [0, 0.1) is 0 Å². The van der Waals surface area contributed by atoms with Crippen LogP contribution in [0.3, 0.4) is 0 Å². The van der Waals surface area contributed by atoms with Crippen molar-refractivity contribution in [2.24, 2.45) is 0 Å². The van der Waals surface area contributed by atoms with Crippen LogP contribution in [-0.2, 0) is 11.2 Å². The molecular formula is C12H19N5O. The average molecular weight is 249 g/mol. The molecule has 2 heterocycles. The summed E-state index contributed by atoms with van der Waals surface area (Å²) in [4.78, 5) is 22.1. The van der Waals surface area contributed by atoms with Crippen molar-refractivity contribution in [3.8, 4) is 0 Å². The number of aromatic nitrogens is 2. The third-order valence-corrected chi connectivity index (χ3v) is 2.96. The number of rotatable bonds is 4. The Morgan fingerprint density at radius 3 is 2.94 bits per heavy atom. The molecule has 1 saturated heterocycles. The molecule has 1 aliphatic rings. The molecule has 1 aromatic rings. The van der Waals surface area contributed by atoms with E-state index in [1.54, 1.807) is 6.33 Å². The normalized spacial score (nSPS) is 15.4. The molecule has 0 aliphatic carbocycles. The molecule has 98 valence electrons. The van der Waals surface area contributed by atoms with E-state index in [0.717, 1.165) is 36.7 Å². The van der Waals surface area contributed by atoms with Crippen LogP contribution in [0.1, 0.15) is 19.4 Å². The number of nitrogens with one attached hydrogen (secondary N) is 2. The molecule has 0 spiro atoms. The largest absolute Gasteiger partial charge is 0.370 e. The first-order valence-corrected chi connectivity index (χ1v) is 6.35. The van der Waals surface area contributed by atoms with Crippen molar-refractivity contribution in [1.82, 2.24) is 15.3 Å². The van der Waals surface area contributed by atoms with E-state index in [0.29, 0.717) is 13.1 Å². The lowest BCUT2D eigenvalue weighted by Gasteiger charge is -2.29. The van der Waals surface area contributed by atoms with Gasteiger partial charge in [0.05, 0.1) is 6.54 Å². The van der Waals surface area contributed by atoms with Gasteiger partial charge in [0.25, 0.3) is 0 Å². The molecule has 2 rings (SSSR count). The van der Waals surface area contributed by atoms with Crippen molar-refractivity contribution in [2.75, 3.05) is 36.4 Å². The molecule has 1 aliphatic heterocycles. The molecule has 1 amide bonds. The monoisotopic (exact) mass is 249 g/mol. The first-order valence-electron chi connectivity index (χ1n) is 6.35. The summed E-state index contributed by atoms with van der Waals surface area (Å²) >= 11 is 0. The lowest BCUT2D eigenvalue weighted by Crippen LogP contribution is -2.48. The summed E-state index contributed by atoms with van der Waals surface area (Å²) in [6, 6.07) is 0. The average Bonchev–Trinajstić information content (AvgIpc) is 2.39. The highest BCUT2D eigenvalue weighted by Gasteiger charge is 2.21. The zero-order valence-electron chi connectivity index (χ0n) is 10.9. The molecule has 18 heavy (non-hydrogen) atoms. The molecule has 6 heteroatoms. The van der Waals surface area contributed by atoms with Crippen molar-refractivity contribution in [3.05, 3.63) is 11.9 Å². The summed E-state index contributed by atoms with van der Waals surface area (Å²) in [5.41, 5.74) is 1.08. The van der Waals surface area contributed by atoms with Crippen LogP contribution >= 0.6 is 0 Å². The second-order valence-electron chi connectivity index (χ2n) is 4.18. The fourth-order valence-electron chi connectivity index (χ4n) is 2.14. The summed E-state index contributed by atoms with van der Waals surface area (Å²) in [5.74, 6) is 1.79. The van der Waals surface area contributed by atoms with Gasteiger partial charge in [-0.2, -0.15) is 0 Å². The summed E-state index contributed by atoms with van der Waals surface area (Å²) in [6.45, 7) is 6.77. The van der Waals surface area contributed by atoms with Gasteiger partial charge in [0, 0.05) is 25.2 Å². The zero-order chi connectivity index (χ0) is 13.0. The Labute approximate surface area is 107 Å². The number of anilines is 2. The third-order valence-electron chi connectivity index (χ3n) is 2.96. The van der Waals surface area contributed by atoms with Crippen LogP contribution < -0.4 is 15.5 Å². The molecule has 2 N–H and O–H groups in total. The number of piperazine rings is 1. The van der Waals surface area contributed by atoms with Crippen molar-refractivity contribution < 1.29 is 4.79 Å². The van der Waals surface area contributed by atoms with Gasteiger partial charge in [-0.15, -0.1) is 0 Å². The van der Waals surface area contributed by atoms with E-state index < -0.39 is 0 Å². The number of nitrogens with zero attached hydrogens (tertiary/aromatic N) is 3. The first-order chi connectivity index (χ1) is 8.76. The maximum absolute atomic E-state index is 11.4. The van der Waals surface area contributed by atoms with Crippen LogP contribution in [0.4, 0.5) is 11.6 Å². The number of carbonyl (C=O) groups excluding carboxylic acids is 1. The highest BCUT2D eigenvalue weighted by atomic mass is 16.2. The highest BCUT2D eigenvalue weighted by Crippen LogP contribution is 2.24. The predicted octanol–water partition coefficient (Wildman–Crippen LogP) is 0.407. The summed E-state index contributed by atoms with van der Waals surface area (Å²) in [7, 11) is 0. The van der Waals surface area contributed by atoms with Crippen molar-refractivity contribution >= 4 is 17.5 Å². The maximum atomic E-state index is 11.4. The van der Waals surface area contributed by atoms with Gasteiger partial charge in [0.1, 0.15) is 18.0 Å². The van der Waals surface area contributed by atoms with Gasteiger partial charge in [-0.1, -0.05) is 6.92 Å². The van der Waals surface area contributed by atoms with E-state index >= 15 is 0 Å². The molecular weight excluding hydrogens is 230 g/mol. The second kappa shape index (κ2) is 5.66. The van der Waals surface area contributed by atoms with Gasteiger partial charge >= 0.3 is 0 Å². The maximum Gasteiger partial charge on any atom is 0.239 e. The van der Waals surface area contributed by atoms with Crippen LogP contribution in [0.15, 0.2) is 6.33 Å². The Balaban J connectivity index is 2.31. The lowest BCUT2D eigenvalue weighted by molar-refractivity contribution is -0.120. The minimum atomic E-state index is 0.0481. The summed E-state index contributed by atoms with van der Waals surface area (Å²) in [6.07, 6.45) is 2.40. The van der Waals surface area contributed by atoms with E-state index in [1.807, 2.05) is 11.8 Å². The predicted molar refractivity (Wildman–Crippen MR) is 70.8 cm³/mol. The van der Waals surface area contributed by atoms with E-state index in [-0.39, 0.29) is 5.91 Å². The lowest BCUT2D eigenvalue weighted by atomic mass is 10.2. The molecule has 0 bridgehead atoms. The van der Waals surface area contributed by atoms with Gasteiger partial charge in [-0.25, -0.2) is 9.97 Å². The standard InChI is InChI=1S/C12H19N5O/c1-3-9-11(13-4-2)15-8-16-12(9)17-6-5-14-10(18)7-17/h8H,3-7H2,1-2H3,(H,14,18)(H,13,15,16). The minimum absolute atomic E-state index is 0.0481. The molecule has 0 aromatic carbocycles. The minimum Gasteiger partial charge on any atom is -0.370 e. The third kappa shape index (κ3) is 2.52. The van der Waals surface area contributed by atoms with E-state index in [1.165, 1.54) is 0 Å². The number of hydrogen-bond acceptors (Lipinski definition) is 5. The van der Waals surface area contributed by atoms with Gasteiger partial charge in [-0.3, -0.25) is 4.79 Å². The Hall–Kier alpha value is -1.85. The van der Waals surface area contributed by atoms with Gasteiger partial charge < -0.3 is 15.5 Å². The molecule has 0 saturated carbocycles. The van der Waals surface area contributed by atoms with Gasteiger partial charge in [-0.05, 0) is 13.3 Å². The first kappa shape index (κ1) is 12.6. The van der Waals surface area contributed by atoms with Crippen LogP contribution in [0.5, 0.6) is 0 Å². The van der Waals surface area contributed by atoms with Crippen molar-refractivity contribution in [3.63, 3.8) is 0 Å². The zero-order valence-corrected chi connectivity index (χ0v) is 10.9. The van der Waals surface area contributed by atoms with Crippen molar-refractivity contribution in [2.45, 2.75) is 20.3 Å². The number of amides is 1. The van der Waals surface area contributed by atoms with Crippen molar-refractivity contribution in [1.29, 1.82) is 0 Å². The van der Waals surface area contributed by atoms with Gasteiger partial charge in [0.15, 0.2) is 0 Å². The Kier molecular flexibility index (Phi) is 3.96. The molecule has 0 radical (unpaired) electrons. The highest BCUT2D eigenvalue weighted by molar-refractivity contribution is 5.82. The molecule has 1 aromatic heterocycles. The van der Waals surface area contributed by atoms with Crippen LogP contribution in [-0.4, -0.2) is 42.1 Å². The molecule has 1 fully saturated rings. The smallest absolute Gasteiger partial charge is 0.239 e. The fourth-order valence-corrected chi connectivity index (χ4v) is 2.14. The van der Waals surface area contributed by atoms with Gasteiger partial charge in [0.2, 0.25) is 5.91 Å². The molecule has 0 atom stereocenters. The summed E-state index contributed by atoms with van der Waals surface area (Å²) in [5, 5.41) is 6.06. The Morgan fingerprint density at radius 2 is 2.28 bits per heavy atom. The molecule has 0 unspecified atom stereocenters.